The van der Waals surface area contributed by atoms with E-state index in [9.17, 15) is 9.90 Å². The summed E-state index contributed by atoms with van der Waals surface area (Å²) >= 11 is 0. The first kappa shape index (κ1) is 17.3. The number of para-hydroxylation sites is 1. The van der Waals surface area contributed by atoms with E-state index in [-0.39, 0.29) is 12.4 Å². The molecule has 132 valence electrons. The molecule has 0 fully saturated rings. The van der Waals surface area contributed by atoms with E-state index in [1.165, 1.54) is 25.3 Å². The smallest absolute Gasteiger partial charge is 0.161 e. The molecule has 1 N–H and O–H groups in total. The number of fused-ring (bicyclic) bond motifs is 1. The third-order valence-electron chi connectivity index (χ3n) is 4.42. The van der Waals surface area contributed by atoms with E-state index in [1.54, 1.807) is 18.2 Å². The molecule has 1 atom stereocenters. The summed E-state index contributed by atoms with van der Waals surface area (Å²) in [7, 11) is 1.53. The standard InChI is InChI=1S/C20H23NO4/c1-14(22)16-7-8-19(20(11-16)24-2)25-13-17(23)12-21-10-9-15-5-3-4-6-18(15)21/h3-8,11,17,23H,9-10,12-13H2,1-2H3/t17-/m0/s1. The number of aliphatic hydroxyl groups excluding tert-OH is 1. The van der Waals surface area contributed by atoms with Crippen molar-refractivity contribution in [2.75, 3.05) is 31.7 Å². The molecule has 25 heavy (non-hydrogen) atoms. The molecule has 0 saturated carbocycles. The molecule has 1 aliphatic heterocycles. The first-order valence-electron chi connectivity index (χ1n) is 8.41. The summed E-state index contributed by atoms with van der Waals surface area (Å²) in [6.45, 7) is 3.10. The maximum atomic E-state index is 11.4. The summed E-state index contributed by atoms with van der Waals surface area (Å²) in [6, 6.07) is 13.3. The minimum atomic E-state index is -0.622. The Morgan fingerprint density at radius 3 is 2.80 bits per heavy atom. The number of nitrogens with zero attached hydrogens (tertiary/aromatic N) is 1. The van der Waals surface area contributed by atoms with Gasteiger partial charge in [0.2, 0.25) is 0 Å². The van der Waals surface area contributed by atoms with Gasteiger partial charge in [-0.05, 0) is 43.2 Å². The molecule has 0 unspecified atom stereocenters. The molecule has 0 aliphatic carbocycles. The molecule has 0 aromatic heterocycles. The fraction of sp³-hybridized carbons (Fsp3) is 0.350. The van der Waals surface area contributed by atoms with Gasteiger partial charge in [0.15, 0.2) is 17.3 Å². The summed E-state index contributed by atoms with van der Waals surface area (Å²) in [6.07, 6.45) is 0.382. The number of hydrogen-bond donors (Lipinski definition) is 1. The van der Waals surface area contributed by atoms with Crippen molar-refractivity contribution in [2.24, 2.45) is 0 Å². The fourth-order valence-electron chi connectivity index (χ4n) is 3.10. The molecule has 0 spiro atoms. The molecule has 5 heteroatoms. The lowest BCUT2D eigenvalue weighted by Gasteiger charge is -2.23. The Morgan fingerprint density at radius 1 is 1.24 bits per heavy atom. The highest BCUT2D eigenvalue weighted by atomic mass is 16.5. The molecule has 5 nitrogen and oxygen atoms in total. The van der Waals surface area contributed by atoms with Crippen LogP contribution in [0.5, 0.6) is 11.5 Å². The lowest BCUT2D eigenvalue weighted by molar-refractivity contribution is 0.101. The van der Waals surface area contributed by atoms with Crippen molar-refractivity contribution in [2.45, 2.75) is 19.4 Å². The zero-order chi connectivity index (χ0) is 17.8. The van der Waals surface area contributed by atoms with Gasteiger partial charge in [-0.15, -0.1) is 0 Å². The van der Waals surface area contributed by atoms with Gasteiger partial charge in [0.05, 0.1) is 7.11 Å². The highest BCUT2D eigenvalue weighted by Crippen LogP contribution is 2.29. The third kappa shape index (κ3) is 3.94. The van der Waals surface area contributed by atoms with Crippen LogP contribution in [0.1, 0.15) is 22.8 Å². The largest absolute Gasteiger partial charge is 0.493 e. The van der Waals surface area contributed by atoms with E-state index in [1.807, 2.05) is 12.1 Å². The molecule has 1 heterocycles. The highest BCUT2D eigenvalue weighted by molar-refractivity contribution is 5.94. The topological polar surface area (TPSA) is 59.0 Å². The Labute approximate surface area is 147 Å². The Morgan fingerprint density at radius 2 is 2.04 bits per heavy atom. The molecule has 0 radical (unpaired) electrons. The van der Waals surface area contributed by atoms with Crippen molar-refractivity contribution < 1.29 is 19.4 Å². The number of ketones is 1. The van der Waals surface area contributed by atoms with E-state index in [0.29, 0.717) is 23.6 Å². The quantitative estimate of drug-likeness (QED) is 0.785. The minimum absolute atomic E-state index is 0.0300. The summed E-state index contributed by atoms with van der Waals surface area (Å²) in [5.41, 5.74) is 3.07. The number of ether oxygens (including phenoxy) is 2. The number of aliphatic hydroxyl groups is 1. The average molecular weight is 341 g/mol. The van der Waals surface area contributed by atoms with Crippen molar-refractivity contribution in [3.63, 3.8) is 0 Å². The van der Waals surface area contributed by atoms with Gasteiger partial charge in [-0.25, -0.2) is 0 Å². The molecular formula is C20H23NO4. The molecule has 0 bridgehead atoms. The van der Waals surface area contributed by atoms with Gasteiger partial charge in [-0.2, -0.15) is 0 Å². The van der Waals surface area contributed by atoms with E-state index in [2.05, 4.69) is 17.0 Å². The number of methoxy groups -OCH3 is 1. The lowest BCUT2D eigenvalue weighted by Crippen LogP contribution is -2.34. The number of carbonyl (C=O) groups excluding carboxylic acids is 1. The second-order valence-electron chi connectivity index (χ2n) is 6.21. The second-order valence-corrected chi connectivity index (χ2v) is 6.21. The normalized spacial score (nSPS) is 14.1. The molecule has 3 rings (SSSR count). The number of carbonyl (C=O) groups is 1. The Kier molecular flexibility index (Phi) is 5.24. The summed E-state index contributed by atoms with van der Waals surface area (Å²) in [5.74, 6) is 0.984. The Bertz CT molecular complexity index is 759. The Hall–Kier alpha value is -2.53. The van der Waals surface area contributed by atoms with Gasteiger partial charge in [0.25, 0.3) is 0 Å². The maximum Gasteiger partial charge on any atom is 0.161 e. The number of rotatable bonds is 7. The van der Waals surface area contributed by atoms with Crippen molar-refractivity contribution in [3.05, 3.63) is 53.6 Å². The van der Waals surface area contributed by atoms with Crippen LogP contribution in [-0.2, 0) is 6.42 Å². The van der Waals surface area contributed by atoms with Crippen molar-refractivity contribution in [1.82, 2.24) is 0 Å². The summed E-state index contributed by atoms with van der Waals surface area (Å²) in [4.78, 5) is 13.6. The molecular weight excluding hydrogens is 318 g/mol. The van der Waals surface area contributed by atoms with Gasteiger partial charge in [-0.3, -0.25) is 4.79 Å². The van der Waals surface area contributed by atoms with Gasteiger partial charge >= 0.3 is 0 Å². The molecule has 2 aromatic carbocycles. The first-order valence-corrected chi connectivity index (χ1v) is 8.41. The van der Waals surface area contributed by atoms with Crippen LogP contribution in [0.4, 0.5) is 5.69 Å². The second kappa shape index (κ2) is 7.57. The number of β-amino-alcohol motifs (C(OH)–C–C–N with tert-alkyl or cyclic N) is 1. The van der Waals surface area contributed by atoms with Crippen LogP contribution in [0.3, 0.4) is 0 Å². The van der Waals surface area contributed by atoms with Crippen molar-refractivity contribution in [1.29, 1.82) is 0 Å². The van der Waals surface area contributed by atoms with Gasteiger partial charge in [-0.1, -0.05) is 18.2 Å². The molecule has 0 amide bonds. The summed E-state index contributed by atoms with van der Waals surface area (Å²) < 4.78 is 11.0. The first-order chi connectivity index (χ1) is 12.1. The number of benzene rings is 2. The SMILES string of the molecule is COc1cc(C(C)=O)ccc1OC[C@@H](O)CN1CCc2ccccc21. The molecule has 1 aliphatic rings. The van der Waals surface area contributed by atoms with E-state index >= 15 is 0 Å². The number of anilines is 1. The number of Topliss-reactive ketones (excluding diaryl/α,β-unsaturated/α-hetero) is 1. The van der Waals surface area contributed by atoms with Crippen LogP contribution in [0.25, 0.3) is 0 Å². The zero-order valence-corrected chi connectivity index (χ0v) is 14.6. The lowest BCUT2D eigenvalue weighted by atomic mass is 10.1. The summed E-state index contributed by atoms with van der Waals surface area (Å²) in [5, 5.41) is 10.3. The van der Waals surface area contributed by atoms with E-state index in [0.717, 1.165) is 13.0 Å². The van der Waals surface area contributed by atoms with Crippen LogP contribution in [0.2, 0.25) is 0 Å². The predicted octanol–water partition coefficient (Wildman–Crippen LogP) is 2.70. The van der Waals surface area contributed by atoms with Gasteiger partial charge < -0.3 is 19.5 Å². The van der Waals surface area contributed by atoms with E-state index in [4.69, 9.17) is 9.47 Å². The number of hydrogen-bond acceptors (Lipinski definition) is 5. The highest BCUT2D eigenvalue weighted by Gasteiger charge is 2.21. The molecule has 2 aromatic rings. The van der Waals surface area contributed by atoms with Crippen molar-refractivity contribution >= 4 is 11.5 Å². The van der Waals surface area contributed by atoms with Crippen LogP contribution in [0, 0.1) is 0 Å². The fourth-order valence-corrected chi connectivity index (χ4v) is 3.10. The van der Waals surface area contributed by atoms with Gasteiger partial charge in [0.1, 0.15) is 12.7 Å². The zero-order valence-electron chi connectivity index (χ0n) is 14.6. The Balaban J connectivity index is 1.59. The minimum Gasteiger partial charge on any atom is -0.493 e. The average Bonchev–Trinajstić information content (AvgIpc) is 3.02. The maximum absolute atomic E-state index is 11.4. The van der Waals surface area contributed by atoms with Crippen molar-refractivity contribution in [3.8, 4) is 11.5 Å². The van der Waals surface area contributed by atoms with Crippen LogP contribution in [-0.4, -0.2) is 43.8 Å². The predicted molar refractivity (Wildman–Crippen MR) is 96.9 cm³/mol. The van der Waals surface area contributed by atoms with Crippen LogP contribution in [0.15, 0.2) is 42.5 Å². The monoisotopic (exact) mass is 341 g/mol. The van der Waals surface area contributed by atoms with E-state index < -0.39 is 6.10 Å². The van der Waals surface area contributed by atoms with Gasteiger partial charge in [0, 0.05) is 24.3 Å². The van der Waals surface area contributed by atoms with Crippen LogP contribution < -0.4 is 14.4 Å². The van der Waals surface area contributed by atoms with Crippen LogP contribution >= 0.6 is 0 Å². The molecule has 0 saturated heterocycles. The third-order valence-corrected chi connectivity index (χ3v) is 4.42.